The van der Waals surface area contributed by atoms with Crippen LogP contribution in [0.5, 0.6) is 11.5 Å². The van der Waals surface area contributed by atoms with E-state index >= 15 is 0 Å². The summed E-state index contributed by atoms with van der Waals surface area (Å²) in [5.41, 5.74) is 1.90. The molecule has 1 aliphatic rings. The largest absolute Gasteiger partial charge is 0.497 e. The van der Waals surface area contributed by atoms with E-state index in [0.717, 1.165) is 11.0 Å². The van der Waals surface area contributed by atoms with Crippen molar-refractivity contribution in [2.75, 3.05) is 24.9 Å². The Bertz CT molecular complexity index is 997. The highest BCUT2D eigenvalue weighted by Gasteiger charge is 2.33. The van der Waals surface area contributed by atoms with Gasteiger partial charge in [0.2, 0.25) is 0 Å². The minimum Gasteiger partial charge on any atom is -0.497 e. The van der Waals surface area contributed by atoms with Gasteiger partial charge in [0.1, 0.15) is 11.5 Å². The lowest BCUT2D eigenvalue weighted by molar-refractivity contribution is 0.0982. The van der Waals surface area contributed by atoms with Crippen molar-refractivity contribution in [1.29, 1.82) is 0 Å². The molecule has 1 atom stereocenters. The van der Waals surface area contributed by atoms with Crippen LogP contribution in [0.3, 0.4) is 0 Å². The predicted octanol–water partition coefficient (Wildman–Crippen LogP) is 2.97. The van der Waals surface area contributed by atoms with Crippen LogP contribution in [-0.4, -0.2) is 40.3 Å². The molecule has 142 valence electrons. The fourth-order valence-corrected chi connectivity index (χ4v) is 4.33. The Morgan fingerprint density at radius 3 is 2.48 bits per heavy atom. The number of rotatable bonds is 5. The van der Waals surface area contributed by atoms with Crippen LogP contribution in [0.15, 0.2) is 53.9 Å². The number of ether oxygens (including phenoxy) is 2. The molecule has 0 aliphatic carbocycles. The van der Waals surface area contributed by atoms with Gasteiger partial charge < -0.3 is 9.47 Å². The number of carbonyl (C=O) groups excluding carboxylic acids is 1. The van der Waals surface area contributed by atoms with E-state index in [1.807, 2.05) is 13.0 Å². The maximum atomic E-state index is 13.3. The Morgan fingerprint density at radius 1 is 1.11 bits per heavy atom. The van der Waals surface area contributed by atoms with E-state index in [0.29, 0.717) is 22.7 Å². The lowest BCUT2D eigenvalue weighted by Gasteiger charge is -2.29. The Labute approximate surface area is 158 Å². The molecule has 0 unspecified atom stereocenters. The van der Waals surface area contributed by atoms with Gasteiger partial charge in [-0.3, -0.25) is 9.69 Å². The normalized spacial score (nSPS) is 17.5. The molecule has 0 saturated carbocycles. The molecule has 1 aliphatic heterocycles. The third kappa shape index (κ3) is 3.98. The standard InChI is InChI=1S/C20H21NO5S/c1-14-5-4-6-15(11-14)20(22)21(16-9-10-27(23,24)13-16)18-8-7-17(25-2)12-19(18)26-3/h4-12,16H,13H2,1-3H3/t16-/m1/s1. The Balaban J connectivity index is 2.11. The SMILES string of the molecule is COc1ccc(N(C(=O)c2cccc(C)c2)[C@@H]2C=CS(=O)(=O)C2)c(OC)c1. The zero-order valence-corrected chi connectivity index (χ0v) is 16.2. The van der Waals surface area contributed by atoms with Crippen molar-refractivity contribution in [2.24, 2.45) is 0 Å². The van der Waals surface area contributed by atoms with Crippen LogP contribution >= 0.6 is 0 Å². The summed E-state index contributed by atoms with van der Waals surface area (Å²) in [4.78, 5) is 14.8. The van der Waals surface area contributed by atoms with E-state index in [1.165, 1.54) is 25.2 Å². The summed E-state index contributed by atoms with van der Waals surface area (Å²) in [5, 5.41) is 1.16. The molecule has 7 heteroatoms. The highest BCUT2D eigenvalue weighted by atomic mass is 32.2. The smallest absolute Gasteiger partial charge is 0.258 e. The second-order valence-corrected chi connectivity index (χ2v) is 8.24. The first-order chi connectivity index (χ1) is 12.8. The molecule has 0 fully saturated rings. The molecule has 0 spiro atoms. The predicted molar refractivity (Wildman–Crippen MR) is 104 cm³/mol. The lowest BCUT2D eigenvalue weighted by atomic mass is 10.1. The molecule has 0 bridgehead atoms. The van der Waals surface area contributed by atoms with Gasteiger partial charge in [-0.2, -0.15) is 0 Å². The minimum atomic E-state index is -3.34. The second kappa shape index (κ2) is 7.44. The molecule has 0 saturated heterocycles. The van der Waals surface area contributed by atoms with Gasteiger partial charge in [0, 0.05) is 17.0 Å². The summed E-state index contributed by atoms with van der Waals surface area (Å²) in [7, 11) is -0.312. The average Bonchev–Trinajstić information content (AvgIpc) is 3.01. The van der Waals surface area contributed by atoms with Crippen molar-refractivity contribution in [1.82, 2.24) is 0 Å². The summed E-state index contributed by atoms with van der Waals surface area (Å²) in [5.74, 6) is 0.537. The van der Waals surface area contributed by atoms with Crippen molar-refractivity contribution in [3.05, 3.63) is 65.1 Å². The van der Waals surface area contributed by atoms with Crippen LogP contribution in [0.4, 0.5) is 5.69 Å². The number of sulfone groups is 1. The average molecular weight is 387 g/mol. The van der Waals surface area contributed by atoms with Crippen LogP contribution < -0.4 is 14.4 Å². The third-order valence-electron chi connectivity index (χ3n) is 4.37. The van der Waals surface area contributed by atoms with Gasteiger partial charge >= 0.3 is 0 Å². The van der Waals surface area contributed by atoms with Crippen LogP contribution in [0.25, 0.3) is 0 Å². The fourth-order valence-electron chi connectivity index (χ4n) is 3.06. The summed E-state index contributed by atoms with van der Waals surface area (Å²) in [6.07, 6.45) is 1.53. The van der Waals surface area contributed by atoms with Gasteiger partial charge in [-0.25, -0.2) is 8.42 Å². The van der Waals surface area contributed by atoms with Gasteiger partial charge in [-0.1, -0.05) is 17.7 Å². The number of benzene rings is 2. The summed E-state index contributed by atoms with van der Waals surface area (Å²) in [6, 6.07) is 11.6. The quantitative estimate of drug-likeness (QED) is 0.789. The number of nitrogens with zero attached hydrogens (tertiary/aromatic N) is 1. The Morgan fingerprint density at radius 2 is 1.89 bits per heavy atom. The molecule has 0 aromatic heterocycles. The maximum absolute atomic E-state index is 13.3. The van der Waals surface area contributed by atoms with Gasteiger partial charge in [0.25, 0.3) is 5.91 Å². The molecule has 1 amide bonds. The third-order valence-corrected chi connectivity index (χ3v) is 5.75. The van der Waals surface area contributed by atoms with Crippen LogP contribution in [0.2, 0.25) is 0 Å². The van der Waals surface area contributed by atoms with Gasteiger partial charge in [0.05, 0.1) is 31.7 Å². The summed E-state index contributed by atoms with van der Waals surface area (Å²) >= 11 is 0. The number of methoxy groups -OCH3 is 2. The topological polar surface area (TPSA) is 72.9 Å². The van der Waals surface area contributed by atoms with E-state index in [9.17, 15) is 13.2 Å². The lowest BCUT2D eigenvalue weighted by Crippen LogP contribution is -2.41. The molecule has 6 nitrogen and oxygen atoms in total. The van der Waals surface area contributed by atoms with Crippen molar-refractivity contribution >= 4 is 21.4 Å². The Hall–Kier alpha value is -2.80. The van der Waals surface area contributed by atoms with E-state index in [1.54, 1.807) is 36.4 Å². The molecule has 0 radical (unpaired) electrons. The molecular formula is C20H21NO5S. The molecule has 0 N–H and O–H groups in total. The highest BCUT2D eigenvalue weighted by molar-refractivity contribution is 7.94. The van der Waals surface area contributed by atoms with Crippen LogP contribution in [0, 0.1) is 6.92 Å². The summed E-state index contributed by atoms with van der Waals surface area (Å²) in [6.45, 7) is 1.90. The van der Waals surface area contributed by atoms with Gasteiger partial charge in [-0.15, -0.1) is 0 Å². The van der Waals surface area contributed by atoms with E-state index < -0.39 is 15.9 Å². The number of amides is 1. The zero-order chi connectivity index (χ0) is 19.6. The molecule has 2 aromatic rings. The van der Waals surface area contributed by atoms with E-state index in [-0.39, 0.29) is 11.7 Å². The van der Waals surface area contributed by atoms with Crippen molar-refractivity contribution in [3.63, 3.8) is 0 Å². The maximum Gasteiger partial charge on any atom is 0.258 e. The van der Waals surface area contributed by atoms with Gasteiger partial charge in [-0.05, 0) is 37.3 Å². The molecule has 27 heavy (non-hydrogen) atoms. The first kappa shape index (κ1) is 19.0. The zero-order valence-electron chi connectivity index (χ0n) is 15.4. The second-order valence-electron chi connectivity index (χ2n) is 6.31. The molecule has 3 rings (SSSR count). The van der Waals surface area contributed by atoms with Crippen molar-refractivity contribution < 1.29 is 22.7 Å². The molecular weight excluding hydrogens is 366 g/mol. The van der Waals surface area contributed by atoms with Crippen molar-refractivity contribution in [2.45, 2.75) is 13.0 Å². The van der Waals surface area contributed by atoms with Gasteiger partial charge in [0.15, 0.2) is 9.84 Å². The number of anilines is 1. The van der Waals surface area contributed by atoms with E-state index in [2.05, 4.69) is 0 Å². The number of hydrogen-bond donors (Lipinski definition) is 0. The molecule has 2 aromatic carbocycles. The molecule has 1 heterocycles. The van der Waals surface area contributed by atoms with Crippen molar-refractivity contribution in [3.8, 4) is 11.5 Å². The number of hydrogen-bond acceptors (Lipinski definition) is 5. The van der Waals surface area contributed by atoms with Crippen LogP contribution in [-0.2, 0) is 9.84 Å². The first-order valence-electron chi connectivity index (χ1n) is 8.38. The number of carbonyl (C=O) groups is 1. The first-order valence-corrected chi connectivity index (χ1v) is 10.1. The van der Waals surface area contributed by atoms with E-state index in [4.69, 9.17) is 9.47 Å². The highest BCUT2D eigenvalue weighted by Crippen LogP contribution is 2.35. The minimum absolute atomic E-state index is 0.167. The number of aryl methyl sites for hydroxylation is 1. The Kier molecular flexibility index (Phi) is 5.23. The summed E-state index contributed by atoms with van der Waals surface area (Å²) < 4.78 is 34.6. The fraction of sp³-hybridized carbons (Fsp3) is 0.250. The monoisotopic (exact) mass is 387 g/mol. The van der Waals surface area contributed by atoms with Crippen LogP contribution in [0.1, 0.15) is 15.9 Å².